The van der Waals surface area contributed by atoms with Crippen molar-refractivity contribution in [2.24, 2.45) is 0 Å². The Bertz CT molecular complexity index is 858. The van der Waals surface area contributed by atoms with Crippen LogP contribution in [0.4, 0.5) is 0 Å². The third kappa shape index (κ3) is 3.29. The van der Waals surface area contributed by atoms with Crippen LogP contribution in [0.15, 0.2) is 47.5 Å². The van der Waals surface area contributed by atoms with Crippen LogP contribution in [-0.2, 0) is 6.54 Å². The summed E-state index contributed by atoms with van der Waals surface area (Å²) in [4.78, 5) is 23.8. The van der Waals surface area contributed by atoms with Gasteiger partial charge in [-0.25, -0.2) is 4.98 Å². The molecule has 1 aromatic carbocycles. The molecule has 1 fully saturated rings. The second-order valence-electron chi connectivity index (χ2n) is 6.36. The minimum Gasteiger partial charge on any atom is -0.463 e. The lowest BCUT2D eigenvalue weighted by Crippen LogP contribution is -2.37. The Labute approximate surface area is 144 Å². The molecule has 25 heavy (non-hydrogen) atoms. The highest BCUT2D eigenvalue weighted by atomic mass is 16.3. The summed E-state index contributed by atoms with van der Waals surface area (Å²) in [5.41, 5.74) is 2.24. The molecule has 1 aliphatic heterocycles. The molecule has 0 radical (unpaired) electrons. The van der Waals surface area contributed by atoms with Gasteiger partial charge >= 0.3 is 0 Å². The first kappa shape index (κ1) is 15.9. The fourth-order valence-electron chi connectivity index (χ4n) is 3.31. The van der Waals surface area contributed by atoms with E-state index >= 15 is 0 Å². The van der Waals surface area contributed by atoms with Crippen molar-refractivity contribution in [3.05, 3.63) is 54.3 Å². The van der Waals surface area contributed by atoms with Crippen LogP contribution in [0.5, 0.6) is 0 Å². The van der Waals surface area contributed by atoms with Crippen molar-refractivity contribution in [2.75, 3.05) is 26.2 Å². The zero-order valence-electron chi connectivity index (χ0n) is 13.8. The van der Waals surface area contributed by atoms with Gasteiger partial charge in [-0.15, -0.1) is 0 Å². The third-order valence-corrected chi connectivity index (χ3v) is 4.53. The van der Waals surface area contributed by atoms with Crippen LogP contribution < -0.4 is 0 Å². The highest BCUT2D eigenvalue weighted by molar-refractivity contribution is 6.05. The number of aromatic nitrogens is 2. The molecule has 7 heteroatoms. The first-order valence-electron chi connectivity index (χ1n) is 8.34. The average molecular weight is 340 g/mol. The standard InChI is InChI=1S/C18H20N4O3/c23-14-9-21(8-13-7-19-12-20-13)5-6-22(10-14)18(24)16-11-25-17-4-2-1-3-15(16)17/h1-4,7,11-12,14,23H,5-6,8-10H2,(H,19,20)/t14-/m0/s1. The Morgan fingerprint density at radius 1 is 1.32 bits per heavy atom. The van der Waals surface area contributed by atoms with Gasteiger partial charge in [-0.2, -0.15) is 0 Å². The Morgan fingerprint density at radius 3 is 3.04 bits per heavy atom. The van der Waals surface area contributed by atoms with E-state index in [0.29, 0.717) is 43.9 Å². The number of carbonyl (C=O) groups is 1. The predicted octanol–water partition coefficient (Wildman–Crippen LogP) is 1.47. The van der Waals surface area contributed by atoms with Gasteiger partial charge in [-0.1, -0.05) is 18.2 Å². The Hall–Kier alpha value is -2.64. The van der Waals surface area contributed by atoms with Crippen molar-refractivity contribution >= 4 is 16.9 Å². The van der Waals surface area contributed by atoms with Crippen LogP contribution >= 0.6 is 0 Å². The topological polar surface area (TPSA) is 85.6 Å². The first-order valence-corrected chi connectivity index (χ1v) is 8.34. The summed E-state index contributed by atoms with van der Waals surface area (Å²) in [5.74, 6) is -0.104. The number of fused-ring (bicyclic) bond motifs is 1. The monoisotopic (exact) mass is 340 g/mol. The molecule has 0 bridgehead atoms. The summed E-state index contributed by atoms with van der Waals surface area (Å²) in [6.45, 7) is 2.77. The summed E-state index contributed by atoms with van der Waals surface area (Å²) in [6.07, 6.45) is 4.33. The molecule has 0 saturated carbocycles. The number of carbonyl (C=O) groups excluding carboxylic acids is 1. The fourth-order valence-corrected chi connectivity index (χ4v) is 3.31. The van der Waals surface area contributed by atoms with Gasteiger partial charge < -0.3 is 19.4 Å². The number of aliphatic hydroxyl groups is 1. The van der Waals surface area contributed by atoms with Crippen molar-refractivity contribution in [2.45, 2.75) is 12.6 Å². The second-order valence-corrected chi connectivity index (χ2v) is 6.36. The van der Waals surface area contributed by atoms with Gasteiger partial charge in [0.05, 0.1) is 18.0 Å². The van der Waals surface area contributed by atoms with Crippen LogP contribution in [-0.4, -0.2) is 63.1 Å². The number of H-pyrrole nitrogens is 1. The Balaban J connectivity index is 1.50. The van der Waals surface area contributed by atoms with Crippen LogP contribution in [0.1, 0.15) is 16.1 Å². The second kappa shape index (κ2) is 6.70. The third-order valence-electron chi connectivity index (χ3n) is 4.53. The number of nitrogens with one attached hydrogen (secondary N) is 1. The number of furan rings is 1. The van der Waals surface area contributed by atoms with Crippen LogP contribution in [0.2, 0.25) is 0 Å². The zero-order chi connectivity index (χ0) is 17.2. The van der Waals surface area contributed by atoms with E-state index in [1.807, 2.05) is 24.3 Å². The molecule has 0 unspecified atom stereocenters. The van der Waals surface area contributed by atoms with Crippen molar-refractivity contribution in [1.82, 2.24) is 19.8 Å². The number of imidazole rings is 1. The molecule has 2 N–H and O–H groups in total. The van der Waals surface area contributed by atoms with E-state index in [2.05, 4.69) is 14.9 Å². The van der Waals surface area contributed by atoms with E-state index in [4.69, 9.17) is 4.42 Å². The number of benzene rings is 1. The molecule has 3 aromatic rings. The van der Waals surface area contributed by atoms with Crippen LogP contribution in [0, 0.1) is 0 Å². The lowest BCUT2D eigenvalue weighted by Gasteiger charge is -2.21. The average Bonchev–Trinajstić information content (AvgIpc) is 3.23. The molecule has 2 aromatic heterocycles. The number of rotatable bonds is 3. The van der Waals surface area contributed by atoms with E-state index in [1.165, 1.54) is 6.26 Å². The first-order chi connectivity index (χ1) is 12.2. The molecule has 130 valence electrons. The van der Waals surface area contributed by atoms with E-state index in [9.17, 15) is 9.90 Å². The smallest absolute Gasteiger partial charge is 0.257 e. The molecule has 0 spiro atoms. The minimum atomic E-state index is -0.590. The lowest BCUT2D eigenvalue weighted by atomic mass is 10.1. The maximum atomic E-state index is 12.9. The molecule has 7 nitrogen and oxygen atoms in total. The van der Waals surface area contributed by atoms with Crippen molar-refractivity contribution in [3.8, 4) is 0 Å². The SMILES string of the molecule is O=C(c1coc2ccccc12)N1CCN(Cc2cnc[nH]2)C[C@H](O)C1. The number of hydrogen-bond acceptors (Lipinski definition) is 5. The maximum absolute atomic E-state index is 12.9. The quantitative estimate of drug-likeness (QED) is 0.754. The highest BCUT2D eigenvalue weighted by Crippen LogP contribution is 2.22. The molecule has 0 aliphatic carbocycles. The highest BCUT2D eigenvalue weighted by Gasteiger charge is 2.27. The number of amides is 1. The molecule has 1 atom stereocenters. The van der Waals surface area contributed by atoms with Gasteiger partial charge in [-0.3, -0.25) is 9.69 Å². The van der Waals surface area contributed by atoms with Gasteiger partial charge in [0.2, 0.25) is 0 Å². The lowest BCUT2D eigenvalue weighted by molar-refractivity contribution is 0.0663. The van der Waals surface area contributed by atoms with Gasteiger partial charge in [0.25, 0.3) is 5.91 Å². The van der Waals surface area contributed by atoms with Crippen molar-refractivity contribution in [3.63, 3.8) is 0 Å². The van der Waals surface area contributed by atoms with E-state index < -0.39 is 6.10 Å². The van der Waals surface area contributed by atoms with E-state index in [0.717, 1.165) is 11.1 Å². The largest absolute Gasteiger partial charge is 0.463 e. The van der Waals surface area contributed by atoms with E-state index in [-0.39, 0.29) is 5.91 Å². The minimum absolute atomic E-state index is 0.104. The summed E-state index contributed by atoms with van der Waals surface area (Å²) >= 11 is 0. The van der Waals surface area contributed by atoms with Gasteiger partial charge in [0.1, 0.15) is 11.8 Å². The number of aliphatic hydroxyl groups excluding tert-OH is 1. The van der Waals surface area contributed by atoms with Crippen molar-refractivity contribution in [1.29, 1.82) is 0 Å². The Morgan fingerprint density at radius 2 is 2.20 bits per heavy atom. The van der Waals surface area contributed by atoms with Gasteiger partial charge in [0, 0.05) is 50.0 Å². The number of hydrogen-bond donors (Lipinski definition) is 2. The summed E-state index contributed by atoms with van der Waals surface area (Å²) in [5, 5.41) is 11.1. The van der Waals surface area contributed by atoms with Crippen molar-refractivity contribution < 1.29 is 14.3 Å². The molecule has 4 rings (SSSR count). The molecular weight excluding hydrogens is 320 g/mol. The van der Waals surface area contributed by atoms with Gasteiger partial charge in [-0.05, 0) is 6.07 Å². The Kier molecular flexibility index (Phi) is 4.25. The fraction of sp³-hybridized carbons (Fsp3) is 0.333. The molecule has 1 aliphatic rings. The number of β-amino-alcohol motifs (C(OH)–C–C–N with tert-alkyl or cyclic N) is 1. The summed E-state index contributed by atoms with van der Waals surface area (Å²) < 4.78 is 5.48. The normalized spacial score (nSPS) is 19.2. The molecule has 1 saturated heterocycles. The molecule has 1 amide bonds. The predicted molar refractivity (Wildman–Crippen MR) is 92.0 cm³/mol. The molecular formula is C18H20N4O3. The zero-order valence-corrected chi connectivity index (χ0v) is 13.8. The summed E-state index contributed by atoms with van der Waals surface area (Å²) in [7, 11) is 0. The summed E-state index contributed by atoms with van der Waals surface area (Å²) in [6, 6.07) is 7.49. The number of para-hydroxylation sites is 1. The molecule has 3 heterocycles. The maximum Gasteiger partial charge on any atom is 0.257 e. The number of nitrogens with zero attached hydrogens (tertiary/aromatic N) is 3. The van der Waals surface area contributed by atoms with Crippen LogP contribution in [0.25, 0.3) is 11.0 Å². The van der Waals surface area contributed by atoms with Crippen LogP contribution in [0.3, 0.4) is 0 Å². The number of aromatic amines is 1. The van der Waals surface area contributed by atoms with Gasteiger partial charge in [0.15, 0.2) is 0 Å². The van der Waals surface area contributed by atoms with E-state index in [1.54, 1.807) is 17.4 Å².